The van der Waals surface area contributed by atoms with Gasteiger partial charge in [0.15, 0.2) is 69.8 Å². The zero-order chi connectivity index (χ0) is 56.0. The minimum atomic E-state index is -7.22. The van der Waals surface area contributed by atoms with E-state index in [4.69, 9.17) is 0 Å². The van der Waals surface area contributed by atoms with E-state index in [1.807, 2.05) is 18.2 Å². The number of nitrogens with zero attached hydrogens (tertiary/aromatic N) is 2. The van der Waals surface area contributed by atoms with Crippen LogP contribution >= 0.6 is 7.26 Å². The molecule has 0 bridgehead atoms. The second kappa shape index (κ2) is 21.3. The lowest BCUT2D eigenvalue weighted by molar-refractivity contribution is 0.378. The van der Waals surface area contributed by atoms with Crippen molar-refractivity contribution in [3.05, 3.63) is 218 Å². The van der Waals surface area contributed by atoms with Crippen LogP contribution in [0.15, 0.2) is 102 Å². The van der Waals surface area contributed by atoms with E-state index in [0.29, 0.717) is 6.16 Å². The number of hydrogen-bond donors (Lipinski definition) is 0. The highest BCUT2D eigenvalue weighted by Crippen LogP contribution is 2.58. The van der Waals surface area contributed by atoms with Crippen molar-refractivity contribution in [2.24, 2.45) is 5.41 Å². The van der Waals surface area contributed by atoms with Crippen LogP contribution in [0.3, 0.4) is 0 Å². The van der Waals surface area contributed by atoms with Crippen molar-refractivity contribution in [2.75, 3.05) is 6.16 Å². The van der Waals surface area contributed by atoms with E-state index in [2.05, 4.69) is 106 Å². The van der Waals surface area contributed by atoms with Gasteiger partial charge in [0.2, 0.25) is 0 Å². The molecule has 7 rings (SSSR count). The SMILES string of the molecule is CC(C)(C)C(C[P+](c1ccccc1)(c1ccccc1)c1ccccc1)=C(C#N)C#N.Fc1c(F)c(F)c([B-](c2c(F)c(F)c(F)c(F)c2F)(c2c(F)c(F)c(F)c(F)c2F)c2c(F)c(F)c(F)c(F)c2F)c(F)c1F. The lowest BCUT2D eigenvalue weighted by Crippen LogP contribution is -2.81. The van der Waals surface area contributed by atoms with Crippen LogP contribution in [0.1, 0.15) is 20.8 Å². The first-order valence-electron chi connectivity index (χ1n) is 21.0. The molecule has 0 aromatic heterocycles. The van der Waals surface area contributed by atoms with Crippen LogP contribution in [0, 0.1) is 144 Å². The molecule has 0 N–H and O–H groups in total. The van der Waals surface area contributed by atoms with Gasteiger partial charge >= 0.3 is 0 Å². The molecule has 0 aliphatic heterocycles. The van der Waals surface area contributed by atoms with Crippen LogP contribution in [0.2, 0.25) is 0 Å². The van der Waals surface area contributed by atoms with Crippen molar-refractivity contribution in [1.29, 1.82) is 10.5 Å². The van der Waals surface area contributed by atoms with Gasteiger partial charge in [0.25, 0.3) is 0 Å². The Kier molecular flexibility index (Phi) is 16.1. The molecule has 0 fully saturated rings. The summed E-state index contributed by atoms with van der Waals surface area (Å²) in [4.78, 5) is 0. The summed E-state index contributed by atoms with van der Waals surface area (Å²) in [5, 5.41) is 23.2. The number of rotatable bonds is 9. The fourth-order valence-corrected chi connectivity index (χ4v) is 13.3. The van der Waals surface area contributed by atoms with Gasteiger partial charge in [-0.3, -0.25) is 0 Å². The standard InChI is InChI=1S/C27H26N2P.C24BF20/c1-27(2,3)26(22(19-28)20-29)21-30(23-13-7-4-8-14-23,24-15-9-5-10-16-24)25-17-11-6-12-18-25;26-5-1(6(27)14(35)21(42)13(5)34)25(2-7(28)15(36)22(43)16(37)8(2)29,3-9(30)17(38)23(44)18(39)10(3)31)4-11(32)19(40)24(45)20(41)12(4)33/h4-18H,21H2,1-3H3;/q+1;-1. The molecule has 388 valence electrons. The topological polar surface area (TPSA) is 47.6 Å². The van der Waals surface area contributed by atoms with Crippen LogP contribution < -0.4 is 37.8 Å². The average Bonchev–Trinajstić information content (AvgIpc) is 3.40. The maximum absolute atomic E-state index is 15.4. The van der Waals surface area contributed by atoms with E-state index in [1.54, 1.807) is 0 Å². The number of nitriles is 2. The number of hydrogen-bond acceptors (Lipinski definition) is 2. The fraction of sp³-hybridized carbons (Fsp3) is 0.0980. The molecule has 0 amide bonds. The van der Waals surface area contributed by atoms with Crippen molar-refractivity contribution in [1.82, 2.24) is 0 Å². The molecular formula is C51H26BF20N2P. The van der Waals surface area contributed by atoms with Crippen molar-refractivity contribution in [3.63, 3.8) is 0 Å². The molecule has 2 nitrogen and oxygen atoms in total. The first-order chi connectivity index (χ1) is 35.1. The Balaban J connectivity index is 0.000000264. The van der Waals surface area contributed by atoms with Gasteiger partial charge < -0.3 is 0 Å². The molecule has 7 aromatic rings. The monoisotopic (exact) mass is 1090 g/mol. The molecule has 24 heteroatoms. The molecule has 0 aliphatic rings. The van der Waals surface area contributed by atoms with Gasteiger partial charge in [0.05, 0.1) is 6.16 Å². The Morgan fingerprint density at radius 2 is 0.533 bits per heavy atom. The summed E-state index contributed by atoms with van der Waals surface area (Å²) >= 11 is 0. The quantitative estimate of drug-likeness (QED) is 0.0361. The molecule has 0 heterocycles. The molecule has 0 saturated carbocycles. The Bertz CT molecular complexity index is 3030. The number of benzene rings is 7. The van der Waals surface area contributed by atoms with Gasteiger partial charge in [-0.05, 0) is 41.8 Å². The molecule has 7 aromatic carbocycles. The van der Waals surface area contributed by atoms with E-state index >= 15 is 35.1 Å². The highest BCUT2D eigenvalue weighted by molar-refractivity contribution is 7.95. The van der Waals surface area contributed by atoms with Crippen LogP contribution in [0.4, 0.5) is 87.8 Å². The third kappa shape index (κ3) is 9.14. The van der Waals surface area contributed by atoms with Crippen LogP contribution in [0.5, 0.6) is 0 Å². The Hall–Kier alpha value is -7.65. The summed E-state index contributed by atoms with van der Waals surface area (Å²) in [6, 6.07) is 36.0. The second-order valence-electron chi connectivity index (χ2n) is 17.1. The summed E-state index contributed by atoms with van der Waals surface area (Å²) in [5.74, 6) is -71.4. The van der Waals surface area contributed by atoms with Gasteiger partial charge in [0.1, 0.15) is 93.6 Å². The van der Waals surface area contributed by atoms with E-state index in [0.717, 1.165) is 5.57 Å². The lowest BCUT2D eigenvalue weighted by atomic mass is 9.12. The highest BCUT2D eigenvalue weighted by Gasteiger charge is 2.53. The summed E-state index contributed by atoms with van der Waals surface area (Å²) in [5.41, 5.74) is -13.5. The predicted octanol–water partition coefficient (Wildman–Crippen LogP) is 11.2. The van der Waals surface area contributed by atoms with Gasteiger partial charge in [-0.1, -0.05) is 75.4 Å². The minimum Gasteiger partial charge on any atom is -0.207 e. The maximum Gasteiger partial charge on any atom is 0.200 e. The first-order valence-corrected chi connectivity index (χ1v) is 22.9. The smallest absolute Gasteiger partial charge is 0.200 e. The molecule has 0 saturated heterocycles. The second-order valence-corrected chi connectivity index (χ2v) is 20.6. The van der Waals surface area contributed by atoms with Crippen molar-refractivity contribution >= 4 is 51.2 Å². The van der Waals surface area contributed by atoms with Crippen LogP contribution in [-0.2, 0) is 0 Å². The summed E-state index contributed by atoms with van der Waals surface area (Å²) < 4.78 is 294. The average molecular weight is 1090 g/mol. The Morgan fingerprint density at radius 1 is 0.347 bits per heavy atom. The summed E-state index contributed by atoms with van der Waals surface area (Å²) in [6.45, 7) is 6.27. The third-order valence-corrected chi connectivity index (χ3v) is 16.5. The van der Waals surface area contributed by atoms with Crippen molar-refractivity contribution in [2.45, 2.75) is 20.8 Å². The third-order valence-electron chi connectivity index (χ3n) is 12.1. The Morgan fingerprint density at radius 3 is 0.707 bits per heavy atom. The van der Waals surface area contributed by atoms with Gasteiger partial charge in [-0.25, -0.2) is 87.8 Å². The van der Waals surface area contributed by atoms with E-state index in [-0.39, 0.29) is 11.0 Å². The largest absolute Gasteiger partial charge is 0.207 e. The summed E-state index contributed by atoms with van der Waals surface area (Å²) in [7, 11) is -2.15. The Labute approximate surface area is 411 Å². The van der Waals surface area contributed by atoms with Gasteiger partial charge in [0, 0.05) is 5.57 Å². The number of allylic oxidation sites excluding steroid dienone is 2. The van der Waals surface area contributed by atoms with E-state index in [9.17, 15) is 63.2 Å². The van der Waals surface area contributed by atoms with Gasteiger partial charge in [-0.15, -0.1) is 21.9 Å². The lowest BCUT2D eigenvalue weighted by Gasteiger charge is -2.44. The van der Waals surface area contributed by atoms with Gasteiger partial charge in [-0.2, -0.15) is 10.5 Å². The summed E-state index contributed by atoms with van der Waals surface area (Å²) in [6.07, 6.45) is -6.56. The predicted molar refractivity (Wildman–Crippen MR) is 237 cm³/mol. The highest BCUT2D eigenvalue weighted by atomic mass is 31.2. The van der Waals surface area contributed by atoms with E-state index in [1.165, 1.54) is 15.9 Å². The molecule has 0 radical (unpaired) electrons. The number of halogens is 20. The molecule has 0 unspecified atom stereocenters. The van der Waals surface area contributed by atoms with Crippen molar-refractivity contribution < 1.29 is 87.8 Å². The molecule has 75 heavy (non-hydrogen) atoms. The zero-order valence-corrected chi connectivity index (χ0v) is 38.7. The molecular weight excluding hydrogens is 1060 g/mol. The van der Waals surface area contributed by atoms with E-state index < -0.39 is 152 Å². The first kappa shape index (κ1) is 56.6. The fourth-order valence-electron chi connectivity index (χ4n) is 8.73. The van der Waals surface area contributed by atoms with Crippen molar-refractivity contribution in [3.8, 4) is 12.1 Å². The minimum absolute atomic E-state index is 0.231. The molecule has 0 spiro atoms. The zero-order valence-electron chi connectivity index (χ0n) is 37.8. The molecule has 0 atom stereocenters. The maximum atomic E-state index is 15.4. The van der Waals surface area contributed by atoms with Crippen LogP contribution in [0.25, 0.3) is 0 Å². The molecule has 0 aliphatic carbocycles. The normalized spacial score (nSPS) is 11.7. The van der Waals surface area contributed by atoms with Crippen LogP contribution in [-0.4, -0.2) is 12.3 Å².